The molecule has 8 heteroatoms. The second-order valence-corrected chi connectivity index (χ2v) is 8.30. The van der Waals surface area contributed by atoms with Gasteiger partial charge in [-0.25, -0.2) is 4.98 Å². The summed E-state index contributed by atoms with van der Waals surface area (Å²) in [6, 6.07) is 19.8. The summed E-state index contributed by atoms with van der Waals surface area (Å²) < 4.78 is 0. The summed E-state index contributed by atoms with van der Waals surface area (Å²) in [4.78, 5) is 47.5. The fourth-order valence-electron chi connectivity index (χ4n) is 3.65. The third-order valence-corrected chi connectivity index (χ3v) is 6.14. The van der Waals surface area contributed by atoms with Gasteiger partial charge in [-0.15, -0.1) is 11.3 Å². The van der Waals surface area contributed by atoms with Gasteiger partial charge in [-0.3, -0.25) is 24.3 Å². The minimum Gasteiger partial charge on any atom is -0.326 e. The van der Waals surface area contributed by atoms with E-state index >= 15 is 0 Å². The first-order chi connectivity index (χ1) is 16.1. The van der Waals surface area contributed by atoms with Crippen LogP contribution in [0.2, 0.25) is 0 Å². The molecule has 0 saturated heterocycles. The van der Waals surface area contributed by atoms with Gasteiger partial charge in [0.05, 0.1) is 22.5 Å². The van der Waals surface area contributed by atoms with Gasteiger partial charge in [-0.2, -0.15) is 0 Å². The van der Waals surface area contributed by atoms with Crippen LogP contribution in [0.25, 0.3) is 22.0 Å². The minimum absolute atomic E-state index is 0.0101. The molecule has 0 spiro atoms. The highest BCUT2D eigenvalue weighted by atomic mass is 32.1. The van der Waals surface area contributed by atoms with E-state index in [0.717, 1.165) is 26.9 Å². The molecule has 0 bridgehead atoms. The van der Waals surface area contributed by atoms with E-state index in [2.05, 4.69) is 15.3 Å². The van der Waals surface area contributed by atoms with Crippen molar-refractivity contribution in [1.29, 1.82) is 0 Å². The first-order valence-electron chi connectivity index (χ1n) is 10.3. The number of carbonyl (C=O) groups is 3. The standard InChI is InChI=1S/C25H18N4O3S/c30-22(11-13-29-24(31)18-8-1-2-9-19(18)25(29)32)27-17-7-5-6-16(14-17)21-15-33-23(28-21)20-10-3-4-12-26-20/h1-10,12,14-15H,11,13H2,(H,27,30). The molecule has 3 heterocycles. The van der Waals surface area contributed by atoms with Gasteiger partial charge in [0.2, 0.25) is 5.91 Å². The molecule has 7 nitrogen and oxygen atoms in total. The predicted octanol–water partition coefficient (Wildman–Crippen LogP) is 4.50. The Morgan fingerprint density at radius 1 is 0.909 bits per heavy atom. The van der Waals surface area contributed by atoms with Gasteiger partial charge in [0.1, 0.15) is 5.01 Å². The van der Waals surface area contributed by atoms with Gasteiger partial charge in [0.15, 0.2) is 0 Å². The monoisotopic (exact) mass is 454 g/mol. The van der Waals surface area contributed by atoms with Crippen LogP contribution in [0, 0.1) is 0 Å². The van der Waals surface area contributed by atoms with Crippen molar-refractivity contribution in [2.45, 2.75) is 6.42 Å². The van der Waals surface area contributed by atoms with Crippen molar-refractivity contribution in [3.63, 3.8) is 0 Å². The number of nitrogens with zero attached hydrogens (tertiary/aromatic N) is 3. The van der Waals surface area contributed by atoms with Gasteiger partial charge < -0.3 is 5.32 Å². The Bertz CT molecular complexity index is 1330. The maximum Gasteiger partial charge on any atom is 0.261 e. The van der Waals surface area contributed by atoms with Gasteiger partial charge in [0, 0.05) is 35.8 Å². The molecule has 4 aromatic rings. The Hall–Kier alpha value is -4.17. The largest absolute Gasteiger partial charge is 0.326 e. The number of pyridine rings is 1. The number of thiazole rings is 1. The molecule has 1 aliphatic rings. The first kappa shape index (κ1) is 20.7. The summed E-state index contributed by atoms with van der Waals surface area (Å²) in [7, 11) is 0. The van der Waals surface area contributed by atoms with Crippen LogP contribution in [0.4, 0.5) is 5.69 Å². The number of fused-ring (bicyclic) bond motifs is 1. The maximum absolute atomic E-state index is 12.5. The number of amides is 3. The molecular weight excluding hydrogens is 436 g/mol. The Morgan fingerprint density at radius 2 is 1.67 bits per heavy atom. The molecule has 0 radical (unpaired) electrons. The molecule has 0 saturated carbocycles. The van der Waals surface area contributed by atoms with E-state index in [0.29, 0.717) is 16.8 Å². The number of hydrogen-bond acceptors (Lipinski definition) is 6. The molecule has 0 fully saturated rings. The lowest BCUT2D eigenvalue weighted by Crippen LogP contribution is -2.32. The van der Waals surface area contributed by atoms with Gasteiger partial charge in [-0.1, -0.05) is 30.3 Å². The van der Waals surface area contributed by atoms with Crippen LogP contribution in [0.15, 0.2) is 78.3 Å². The second-order valence-electron chi connectivity index (χ2n) is 7.44. The predicted molar refractivity (Wildman–Crippen MR) is 126 cm³/mol. The third-order valence-electron chi connectivity index (χ3n) is 5.27. The van der Waals surface area contributed by atoms with Crippen LogP contribution in [-0.2, 0) is 4.79 Å². The van der Waals surface area contributed by atoms with E-state index in [-0.39, 0.29) is 30.7 Å². The summed E-state index contributed by atoms with van der Waals surface area (Å²) in [5.41, 5.74) is 3.85. The summed E-state index contributed by atoms with van der Waals surface area (Å²) in [5.74, 6) is -1.01. The SMILES string of the molecule is O=C(CCN1C(=O)c2ccccc2C1=O)Nc1cccc(-c2csc(-c3ccccn3)n2)c1. The smallest absolute Gasteiger partial charge is 0.261 e. The van der Waals surface area contributed by atoms with Crippen molar-refractivity contribution in [3.8, 4) is 22.0 Å². The van der Waals surface area contributed by atoms with Crippen LogP contribution >= 0.6 is 11.3 Å². The molecule has 1 N–H and O–H groups in total. The van der Waals surface area contributed by atoms with Crippen LogP contribution in [0.5, 0.6) is 0 Å². The highest BCUT2D eigenvalue weighted by Crippen LogP contribution is 2.29. The van der Waals surface area contributed by atoms with E-state index < -0.39 is 0 Å². The van der Waals surface area contributed by atoms with Crippen molar-refractivity contribution in [2.24, 2.45) is 0 Å². The molecular formula is C25H18N4O3S. The Kier molecular flexibility index (Phi) is 5.50. The normalized spacial score (nSPS) is 12.7. The van der Waals surface area contributed by atoms with E-state index in [1.165, 1.54) is 11.3 Å². The number of rotatable bonds is 6. The molecule has 3 amide bonds. The number of nitrogens with one attached hydrogen (secondary N) is 1. The zero-order valence-electron chi connectivity index (χ0n) is 17.4. The average molecular weight is 455 g/mol. The molecule has 0 atom stereocenters. The number of imide groups is 1. The second kappa shape index (κ2) is 8.76. The maximum atomic E-state index is 12.5. The van der Waals surface area contributed by atoms with Crippen LogP contribution in [-0.4, -0.2) is 39.1 Å². The van der Waals surface area contributed by atoms with Crippen LogP contribution < -0.4 is 5.32 Å². The molecule has 0 unspecified atom stereocenters. The number of carbonyl (C=O) groups excluding carboxylic acids is 3. The van der Waals surface area contributed by atoms with Gasteiger partial charge in [0.25, 0.3) is 11.8 Å². The topological polar surface area (TPSA) is 92.3 Å². The minimum atomic E-state index is -0.363. The summed E-state index contributed by atoms with van der Waals surface area (Å²) in [6.07, 6.45) is 1.74. The zero-order valence-corrected chi connectivity index (χ0v) is 18.2. The van der Waals surface area contributed by atoms with E-state index in [9.17, 15) is 14.4 Å². The van der Waals surface area contributed by atoms with E-state index in [1.54, 1.807) is 36.5 Å². The first-order valence-corrected chi connectivity index (χ1v) is 11.2. The molecule has 2 aromatic heterocycles. The molecule has 0 aliphatic carbocycles. The number of anilines is 1. The Labute approximate surface area is 193 Å². The van der Waals surface area contributed by atoms with Crippen LogP contribution in [0.1, 0.15) is 27.1 Å². The van der Waals surface area contributed by atoms with Crippen LogP contribution in [0.3, 0.4) is 0 Å². The highest BCUT2D eigenvalue weighted by Gasteiger charge is 2.34. The number of benzene rings is 2. The van der Waals surface area contributed by atoms with Crippen molar-refractivity contribution < 1.29 is 14.4 Å². The quantitative estimate of drug-likeness (QED) is 0.433. The molecule has 33 heavy (non-hydrogen) atoms. The molecule has 162 valence electrons. The lowest BCUT2D eigenvalue weighted by molar-refractivity contribution is -0.116. The van der Waals surface area contributed by atoms with Crippen molar-refractivity contribution >= 4 is 34.7 Å². The highest BCUT2D eigenvalue weighted by molar-refractivity contribution is 7.13. The van der Waals surface area contributed by atoms with Crippen molar-refractivity contribution in [3.05, 3.63) is 89.4 Å². The Balaban J connectivity index is 1.23. The molecule has 5 rings (SSSR count). The molecule has 1 aliphatic heterocycles. The fraction of sp³-hybridized carbons (Fsp3) is 0.0800. The lowest BCUT2D eigenvalue weighted by Gasteiger charge is -2.13. The summed E-state index contributed by atoms with van der Waals surface area (Å²) >= 11 is 1.50. The van der Waals surface area contributed by atoms with E-state index in [1.807, 2.05) is 41.8 Å². The average Bonchev–Trinajstić information content (AvgIpc) is 3.43. The number of hydrogen-bond donors (Lipinski definition) is 1. The zero-order chi connectivity index (χ0) is 22.8. The third kappa shape index (κ3) is 4.16. The molecule has 2 aromatic carbocycles. The van der Waals surface area contributed by atoms with Crippen molar-refractivity contribution in [2.75, 3.05) is 11.9 Å². The van der Waals surface area contributed by atoms with Crippen molar-refractivity contribution in [1.82, 2.24) is 14.9 Å². The Morgan fingerprint density at radius 3 is 2.39 bits per heavy atom. The van der Waals surface area contributed by atoms with E-state index in [4.69, 9.17) is 0 Å². The number of aromatic nitrogens is 2. The van der Waals surface area contributed by atoms with Gasteiger partial charge in [-0.05, 0) is 36.4 Å². The van der Waals surface area contributed by atoms with Gasteiger partial charge >= 0.3 is 0 Å². The lowest BCUT2D eigenvalue weighted by atomic mass is 10.1. The summed E-state index contributed by atoms with van der Waals surface area (Å²) in [5, 5.41) is 5.61. The fourth-order valence-corrected chi connectivity index (χ4v) is 4.45. The summed E-state index contributed by atoms with van der Waals surface area (Å²) in [6.45, 7) is 0.0252.